The maximum absolute atomic E-state index is 15.3. The molecule has 180 valence electrons. The Morgan fingerprint density at radius 1 is 1.21 bits per heavy atom. The van der Waals surface area contributed by atoms with E-state index >= 15 is 4.39 Å². The summed E-state index contributed by atoms with van der Waals surface area (Å²) in [7, 11) is -3.35. The van der Waals surface area contributed by atoms with Crippen molar-refractivity contribution in [2.45, 2.75) is 33.7 Å². The molecule has 1 N–H and O–H groups in total. The molecule has 0 saturated carbocycles. The van der Waals surface area contributed by atoms with E-state index in [-0.39, 0.29) is 49.8 Å². The molecule has 4 rings (SSSR count). The Morgan fingerprint density at radius 2 is 1.97 bits per heavy atom. The third kappa shape index (κ3) is 4.72. The van der Waals surface area contributed by atoms with Crippen molar-refractivity contribution in [3.63, 3.8) is 0 Å². The summed E-state index contributed by atoms with van der Waals surface area (Å²) < 4.78 is 42.1. The molecule has 0 aliphatic heterocycles. The Labute approximate surface area is 195 Å². The number of hydrogen-bond acceptors (Lipinski definition) is 7. The molecule has 10 nitrogen and oxygen atoms in total. The van der Waals surface area contributed by atoms with Crippen LogP contribution in [-0.4, -0.2) is 49.7 Å². The van der Waals surface area contributed by atoms with E-state index in [1.165, 1.54) is 10.7 Å². The monoisotopic (exact) mass is 488 g/mol. The topological polar surface area (TPSA) is 113 Å². The molecule has 4 aromatic heterocycles. The molecule has 0 spiro atoms. The van der Waals surface area contributed by atoms with Crippen molar-refractivity contribution in [2.75, 3.05) is 24.7 Å². The Kier molecular flexibility index (Phi) is 7.06. The molecule has 0 fully saturated rings. The Bertz CT molecular complexity index is 1370. The minimum Gasteiger partial charge on any atom is -0.309 e. The van der Waals surface area contributed by atoms with Gasteiger partial charge < -0.3 is 14.4 Å². The fraction of sp³-hybridized carbons (Fsp3) is 0.364. The van der Waals surface area contributed by atoms with Gasteiger partial charge in [-0.3, -0.25) is 9.36 Å². The molecule has 4 heterocycles. The minimum absolute atomic E-state index is 0.0394. The zero-order valence-electron chi connectivity index (χ0n) is 19.2. The van der Waals surface area contributed by atoms with Crippen LogP contribution in [0.1, 0.15) is 27.2 Å². The number of nitrogens with zero attached hydrogens (tertiary/aromatic N) is 5. The lowest BCUT2D eigenvalue weighted by atomic mass is 10.1. The summed E-state index contributed by atoms with van der Waals surface area (Å²) in [6.45, 7) is 5.77. The molecule has 0 saturated heterocycles. The number of carbonyl (C=O) groups is 1. The highest BCUT2D eigenvalue weighted by atomic mass is 31.2. The van der Waals surface area contributed by atoms with E-state index in [4.69, 9.17) is 9.05 Å². The van der Waals surface area contributed by atoms with Gasteiger partial charge >= 0.3 is 7.60 Å². The predicted octanol–water partition coefficient (Wildman–Crippen LogP) is 4.50. The number of hydrogen-bond donors (Lipinski definition) is 1. The van der Waals surface area contributed by atoms with Gasteiger partial charge in [0, 0.05) is 18.2 Å². The van der Waals surface area contributed by atoms with Gasteiger partial charge in [0.25, 0.3) is 0 Å². The molecule has 12 heteroatoms. The summed E-state index contributed by atoms with van der Waals surface area (Å²) in [5.74, 6) is -0.664. The average molecular weight is 488 g/mol. The van der Waals surface area contributed by atoms with Crippen LogP contribution in [-0.2, 0) is 25.0 Å². The lowest BCUT2D eigenvalue weighted by Gasteiger charge is -2.16. The third-order valence-corrected chi connectivity index (χ3v) is 7.22. The number of aryl methyl sites for hydroxylation is 1. The van der Waals surface area contributed by atoms with Crippen LogP contribution in [0.2, 0.25) is 0 Å². The molecule has 4 aromatic rings. The molecule has 1 amide bonds. The first-order valence-corrected chi connectivity index (χ1v) is 12.8. The molecule has 0 aromatic carbocycles. The number of anilines is 1. The van der Waals surface area contributed by atoms with Gasteiger partial charge in [-0.1, -0.05) is 13.0 Å². The maximum atomic E-state index is 15.3. The number of rotatable bonds is 10. The first-order valence-electron chi connectivity index (χ1n) is 11.1. The van der Waals surface area contributed by atoms with E-state index in [1.54, 1.807) is 37.7 Å². The fourth-order valence-electron chi connectivity index (χ4n) is 3.62. The van der Waals surface area contributed by atoms with Gasteiger partial charge in [-0.2, -0.15) is 10.2 Å². The van der Waals surface area contributed by atoms with Gasteiger partial charge in [0.2, 0.25) is 5.91 Å². The van der Waals surface area contributed by atoms with Crippen LogP contribution < -0.4 is 5.32 Å². The summed E-state index contributed by atoms with van der Waals surface area (Å²) in [5, 5.41) is 11.7. The Morgan fingerprint density at radius 3 is 2.68 bits per heavy atom. The highest BCUT2D eigenvalue weighted by molar-refractivity contribution is 7.53. The van der Waals surface area contributed by atoms with Gasteiger partial charge in [0.15, 0.2) is 17.3 Å². The van der Waals surface area contributed by atoms with E-state index in [0.717, 1.165) is 0 Å². The number of amides is 1. The van der Waals surface area contributed by atoms with Crippen molar-refractivity contribution in [3.05, 3.63) is 42.5 Å². The number of aromatic nitrogens is 5. The number of carbonyl (C=O) groups excluding carboxylic acids is 1. The van der Waals surface area contributed by atoms with E-state index in [1.807, 2.05) is 18.2 Å². The highest BCUT2D eigenvalue weighted by Gasteiger charge is 2.26. The second kappa shape index (κ2) is 10.0. The SMILES string of the molecule is CCOP(=O)(CCn1nc(NC(=O)CC)c2cc(F)c(-c3cnn4ccccc34)nc21)OCC. The number of nitrogens with one attached hydrogen (secondary N) is 1. The quantitative estimate of drug-likeness (QED) is 0.327. The van der Waals surface area contributed by atoms with Crippen LogP contribution in [0.3, 0.4) is 0 Å². The first-order chi connectivity index (χ1) is 16.4. The zero-order valence-corrected chi connectivity index (χ0v) is 20.1. The van der Waals surface area contributed by atoms with Crippen LogP contribution in [0.15, 0.2) is 36.7 Å². The largest absolute Gasteiger partial charge is 0.332 e. The van der Waals surface area contributed by atoms with Crippen molar-refractivity contribution in [1.82, 2.24) is 24.4 Å². The van der Waals surface area contributed by atoms with Gasteiger partial charge in [0.1, 0.15) is 5.69 Å². The summed E-state index contributed by atoms with van der Waals surface area (Å²) in [4.78, 5) is 16.6. The van der Waals surface area contributed by atoms with Crippen molar-refractivity contribution < 1.29 is 22.8 Å². The van der Waals surface area contributed by atoms with Gasteiger partial charge in [-0.15, -0.1) is 0 Å². The van der Waals surface area contributed by atoms with E-state index in [0.29, 0.717) is 22.1 Å². The van der Waals surface area contributed by atoms with Gasteiger partial charge in [-0.25, -0.2) is 18.6 Å². The van der Waals surface area contributed by atoms with Crippen LogP contribution in [0.25, 0.3) is 27.8 Å². The molecule has 0 aliphatic rings. The van der Waals surface area contributed by atoms with Crippen LogP contribution >= 0.6 is 7.60 Å². The lowest BCUT2D eigenvalue weighted by molar-refractivity contribution is -0.115. The molecule has 0 atom stereocenters. The van der Waals surface area contributed by atoms with Gasteiger partial charge in [0.05, 0.1) is 43.0 Å². The molecule has 0 aliphatic carbocycles. The smallest absolute Gasteiger partial charge is 0.309 e. The molecule has 34 heavy (non-hydrogen) atoms. The first kappa shape index (κ1) is 24.0. The number of pyridine rings is 2. The van der Waals surface area contributed by atoms with Crippen LogP contribution in [0.4, 0.5) is 10.2 Å². The maximum Gasteiger partial charge on any atom is 0.332 e. The second-order valence-corrected chi connectivity index (χ2v) is 9.61. The van der Waals surface area contributed by atoms with Crippen molar-refractivity contribution >= 4 is 35.9 Å². The summed E-state index contributed by atoms with van der Waals surface area (Å²) in [6, 6.07) is 6.77. The fourth-order valence-corrected chi connectivity index (χ4v) is 5.18. The summed E-state index contributed by atoms with van der Waals surface area (Å²) in [6.07, 6.45) is 3.58. The van der Waals surface area contributed by atoms with E-state index in [9.17, 15) is 9.36 Å². The predicted molar refractivity (Wildman–Crippen MR) is 126 cm³/mol. The molecular formula is C22H26FN6O4P. The van der Waals surface area contributed by atoms with Crippen molar-refractivity contribution in [1.29, 1.82) is 0 Å². The van der Waals surface area contributed by atoms with Crippen LogP contribution in [0.5, 0.6) is 0 Å². The Balaban J connectivity index is 1.81. The van der Waals surface area contributed by atoms with Crippen molar-refractivity contribution in [3.8, 4) is 11.3 Å². The van der Waals surface area contributed by atoms with E-state index in [2.05, 4.69) is 20.5 Å². The highest BCUT2D eigenvalue weighted by Crippen LogP contribution is 2.48. The lowest BCUT2D eigenvalue weighted by Crippen LogP contribution is -2.12. The molecule has 0 unspecified atom stereocenters. The van der Waals surface area contributed by atoms with E-state index < -0.39 is 13.4 Å². The molecule has 0 radical (unpaired) electrons. The second-order valence-electron chi connectivity index (χ2n) is 7.42. The van der Waals surface area contributed by atoms with Gasteiger partial charge in [-0.05, 0) is 32.0 Å². The molecular weight excluding hydrogens is 462 g/mol. The average Bonchev–Trinajstić information content (AvgIpc) is 3.39. The standard InChI is InChI=1S/C22H26FN6O4P/c1-4-19(30)25-21-15-13-17(23)20(16-14-24-28-10-8-7-9-18(16)28)26-22(15)29(27-21)11-12-34(31,32-5-2)33-6-3/h7-10,13-14H,4-6,11-12H2,1-3H3,(H,25,27,30). The van der Waals surface area contributed by atoms with Crippen molar-refractivity contribution in [2.24, 2.45) is 0 Å². The molecule has 0 bridgehead atoms. The summed E-state index contributed by atoms with van der Waals surface area (Å²) in [5.41, 5.74) is 1.64. The normalized spacial score (nSPS) is 12.0. The minimum atomic E-state index is -3.35. The zero-order chi connectivity index (χ0) is 24.3. The summed E-state index contributed by atoms with van der Waals surface area (Å²) >= 11 is 0. The van der Waals surface area contributed by atoms with Crippen LogP contribution in [0, 0.1) is 5.82 Å². The third-order valence-electron chi connectivity index (χ3n) is 5.17. The number of halogens is 1. The number of fused-ring (bicyclic) bond motifs is 2. The Hall–Kier alpha value is -3.14.